The second kappa shape index (κ2) is 7.97. The quantitative estimate of drug-likeness (QED) is 0.829. The Morgan fingerprint density at radius 3 is 1.86 bits per heavy atom. The fraction of sp³-hybridized carbons (Fsp3) is 1.00. The Morgan fingerprint density at radius 2 is 1.33 bits per heavy atom. The van der Waals surface area contributed by atoms with Crippen molar-refractivity contribution >= 4 is 0 Å². The molecule has 1 N–H and O–H groups in total. The first kappa shape index (κ1) is 15.8. The second-order valence-electron chi connectivity index (χ2n) is 7.96. The summed E-state index contributed by atoms with van der Waals surface area (Å²) in [5.41, 5.74) is 0. The van der Waals surface area contributed by atoms with Crippen LogP contribution in [0.3, 0.4) is 0 Å². The van der Waals surface area contributed by atoms with Gasteiger partial charge >= 0.3 is 0 Å². The highest BCUT2D eigenvalue weighted by molar-refractivity contribution is 4.89. The summed E-state index contributed by atoms with van der Waals surface area (Å²) < 4.78 is 0. The molecule has 2 atom stereocenters. The van der Waals surface area contributed by atoms with Gasteiger partial charge < -0.3 is 5.32 Å². The van der Waals surface area contributed by atoms with Crippen molar-refractivity contribution < 1.29 is 0 Å². The van der Waals surface area contributed by atoms with Crippen molar-refractivity contribution in [2.24, 2.45) is 5.92 Å². The van der Waals surface area contributed by atoms with Gasteiger partial charge in [-0.1, -0.05) is 45.4 Å². The maximum absolute atomic E-state index is 3.84. The lowest BCUT2D eigenvalue weighted by Gasteiger charge is -2.45. The molecule has 21 heavy (non-hydrogen) atoms. The van der Waals surface area contributed by atoms with Gasteiger partial charge in [0.15, 0.2) is 0 Å². The van der Waals surface area contributed by atoms with Crippen molar-refractivity contribution in [2.45, 2.75) is 102 Å². The monoisotopic (exact) mass is 292 g/mol. The first-order valence-electron chi connectivity index (χ1n) is 9.84. The van der Waals surface area contributed by atoms with Crippen LogP contribution in [0.4, 0.5) is 0 Å². The van der Waals surface area contributed by atoms with E-state index in [0.717, 1.165) is 24.0 Å². The van der Waals surface area contributed by atoms with E-state index in [1.165, 1.54) is 90.1 Å². The molecule has 3 fully saturated rings. The second-order valence-corrected chi connectivity index (χ2v) is 7.96. The van der Waals surface area contributed by atoms with E-state index in [2.05, 4.69) is 17.1 Å². The van der Waals surface area contributed by atoms with Crippen molar-refractivity contribution in [1.82, 2.24) is 10.2 Å². The standard InChI is InChI=1S/C19H36N2/c1-16-9-8-14-20-19(16)15-21(17-10-4-2-5-11-17)18-12-6-3-7-13-18/h16-20H,2-15H2,1H3. The van der Waals surface area contributed by atoms with E-state index < -0.39 is 0 Å². The molecule has 1 saturated heterocycles. The van der Waals surface area contributed by atoms with Gasteiger partial charge in [-0.2, -0.15) is 0 Å². The third-order valence-corrected chi connectivity index (χ3v) is 6.42. The number of nitrogens with zero attached hydrogens (tertiary/aromatic N) is 1. The maximum Gasteiger partial charge on any atom is 0.0220 e. The van der Waals surface area contributed by atoms with Crippen LogP contribution in [0.1, 0.15) is 84.0 Å². The van der Waals surface area contributed by atoms with Gasteiger partial charge in [-0.05, 0) is 51.0 Å². The number of hydrogen-bond acceptors (Lipinski definition) is 2. The number of nitrogens with one attached hydrogen (secondary N) is 1. The predicted molar refractivity (Wildman–Crippen MR) is 90.6 cm³/mol. The summed E-state index contributed by atoms with van der Waals surface area (Å²) in [6.07, 6.45) is 17.5. The number of hydrogen-bond donors (Lipinski definition) is 1. The minimum Gasteiger partial charge on any atom is -0.312 e. The Labute approximate surface area is 132 Å². The minimum atomic E-state index is 0.752. The fourth-order valence-electron chi connectivity index (χ4n) is 5.01. The lowest BCUT2D eigenvalue weighted by Crippen LogP contribution is -2.54. The predicted octanol–water partition coefficient (Wildman–Crippen LogP) is 4.34. The zero-order valence-corrected chi connectivity index (χ0v) is 14.2. The molecule has 0 aromatic carbocycles. The minimum absolute atomic E-state index is 0.752. The van der Waals surface area contributed by atoms with E-state index in [1.54, 1.807) is 0 Å². The molecule has 1 aliphatic heterocycles. The zero-order valence-electron chi connectivity index (χ0n) is 14.2. The van der Waals surface area contributed by atoms with Crippen molar-refractivity contribution in [3.05, 3.63) is 0 Å². The van der Waals surface area contributed by atoms with Crippen LogP contribution in [-0.4, -0.2) is 36.1 Å². The molecule has 0 aromatic heterocycles. The SMILES string of the molecule is CC1CCCNC1CN(C1CCCCC1)C1CCCCC1. The molecule has 3 rings (SSSR count). The molecule has 0 amide bonds. The molecule has 2 saturated carbocycles. The highest BCUT2D eigenvalue weighted by Crippen LogP contribution is 2.31. The van der Waals surface area contributed by atoms with E-state index in [1.807, 2.05) is 0 Å². The van der Waals surface area contributed by atoms with Crippen LogP contribution in [0.5, 0.6) is 0 Å². The van der Waals surface area contributed by atoms with Gasteiger partial charge in [0.1, 0.15) is 0 Å². The summed E-state index contributed by atoms with van der Waals surface area (Å²) >= 11 is 0. The molecule has 0 aromatic rings. The van der Waals surface area contributed by atoms with Crippen molar-refractivity contribution in [3.8, 4) is 0 Å². The fourth-order valence-corrected chi connectivity index (χ4v) is 5.01. The summed E-state index contributed by atoms with van der Waals surface area (Å²) in [4.78, 5) is 2.98. The molecule has 2 aliphatic carbocycles. The van der Waals surface area contributed by atoms with Gasteiger partial charge in [0.2, 0.25) is 0 Å². The molecule has 2 unspecified atom stereocenters. The first-order valence-corrected chi connectivity index (χ1v) is 9.84. The topological polar surface area (TPSA) is 15.3 Å². The Kier molecular flexibility index (Phi) is 5.99. The lowest BCUT2D eigenvalue weighted by molar-refractivity contribution is 0.0584. The molecule has 0 spiro atoms. The van der Waals surface area contributed by atoms with E-state index in [4.69, 9.17) is 0 Å². The van der Waals surface area contributed by atoms with Crippen LogP contribution in [0.2, 0.25) is 0 Å². The highest BCUT2D eigenvalue weighted by Gasteiger charge is 2.32. The van der Waals surface area contributed by atoms with Crippen LogP contribution < -0.4 is 5.32 Å². The van der Waals surface area contributed by atoms with Crippen LogP contribution in [0.25, 0.3) is 0 Å². The van der Waals surface area contributed by atoms with E-state index in [-0.39, 0.29) is 0 Å². The van der Waals surface area contributed by atoms with Crippen LogP contribution >= 0.6 is 0 Å². The van der Waals surface area contributed by atoms with Gasteiger partial charge in [-0.25, -0.2) is 0 Å². The summed E-state index contributed by atoms with van der Waals surface area (Å²) in [7, 11) is 0. The lowest BCUT2D eigenvalue weighted by atomic mass is 9.86. The smallest absolute Gasteiger partial charge is 0.0220 e. The van der Waals surface area contributed by atoms with Gasteiger partial charge in [0.05, 0.1) is 0 Å². The summed E-state index contributed by atoms with van der Waals surface area (Å²) in [5.74, 6) is 0.869. The molecular formula is C19H36N2. The molecular weight excluding hydrogens is 256 g/mol. The largest absolute Gasteiger partial charge is 0.312 e. The van der Waals surface area contributed by atoms with Gasteiger partial charge in [-0.3, -0.25) is 4.90 Å². The van der Waals surface area contributed by atoms with E-state index in [9.17, 15) is 0 Å². The molecule has 122 valence electrons. The first-order chi connectivity index (χ1) is 10.3. The van der Waals surface area contributed by atoms with Crippen molar-refractivity contribution in [1.29, 1.82) is 0 Å². The number of rotatable bonds is 4. The average Bonchev–Trinajstić information content (AvgIpc) is 2.56. The third kappa shape index (κ3) is 4.22. The van der Waals surface area contributed by atoms with Crippen molar-refractivity contribution in [3.63, 3.8) is 0 Å². The molecule has 0 radical (unpaired) electrons. The van der Waals surface area contributed by atoms with Gasteiger partial charge in [0.25, 0.3) is 0 Å². The molecule has 2 heteroatoms. The molecule has 3 aliphatic rings. The normalized spacial score (nSPS) is 33.4. The Morgan fingerprint density at radius 1 is 0.762 bits per heavy atom. The van der Waals surface area contributed by atoms with E-state index in [0.29, 0.717) is 0 Å². The summed E-state index contributed by atoms with van der Waals surface area (Å²) in [6, 6.07) is 2.55. The Bertz CT molecular complexity index is 274. The summed E-state index contributed by atoms with van der Waals surface area (Å²) in [6.45, 7) is 5.05. The number of piperidine rings is 1. The summed E-state index contributed by atoms with van der Waals surface area (Å²) in [5, 5.41) is 3.84. The molecule has 2 nitrogen and oxygen atoms in total. The van der Waals surface area contributed by atoms with Crippen LogP contribution in [-0.2, 0) is 0 Å². The average molecular weight is 293 g/mol. The van der Waals surface area contributed by atoms with Crippen LogP contribution in [0, 0.1) is 5.92 Å². The van der Waals surface area contributed by atoms with Crippen molar-refractivity contribution in [2.75, 3.05) is 13.1 Å². The highest BCUT2D eigenvalue weighted by atomic mass is 15.2. The molecule has 1 heterocycles. The zero-order chi connectivity index (χ0) is 14.5. The molecule has 0 bridgehead atoms. The Balaban J connectivity index is 1.64. The van der Waals surface area contributed by atoms with E-state index >= 15 is 0 Å². The Hall–Kier alpha value is -0.0800. The van der Waals surface area contributed by atoms with Gasteiger partial charge in [0, 0.05) is 24.7 Å². The maximum atomic E-state index is 3.84. The van der Waals surface area contributed by atoms with Crippen LogP contribution in [0.15, 0.2) is 0 Å². The third-order valence-electron chi connectivity index (χ3n) is 6.42. The van der Waals surface area contributed by atoms with Gasteiger partial charge in [-0.15, -0.1) is 0 Å².